The van der Waals surface area contributed by atoms with Crippen LogP contribution < -0.4 is 31.2 Å². The molecule has 0 aliphatic carbocycles. The zero-order valence-corrected chi connectivity index (χ0v) is 24.5. The molecule has 0 aliphatic heterocycles. The van der Waals surface area contributed by atoms with Crippen LogP contribution in [0.5, 0.6) is 11.5 Å². The highest BCUT2D eigenvalue weighted by Gasteiger charge is 2.22. The van der Waals surface area contributed by atoms with Gasteiger partial charge in [0.1, 0.15) is 6.07 Å². The minimum absolute atomic E-state index is 0.0498. The van der Waals surface area contributed by atoms with E-state index in [0.717, 1.165) is 0 Å². The van der Waals surface area contributed by atoms with E-state index < -0.39 is 41.9 Å². The number of ether oxygens (including phenoxy) is 2. The molecule has 240 valence electrons. The predicted octanol–water partition coefficient (Wildman–Crippen LogP) is 1.97. The summed E-state index contributed by atoms with van der Waals surface area (Å²) in [7, 11) is 0. The third kappa shape index (κ3) is 7.34. The molecule has 4 rings (SSSR count). The van der Waals surface area contributed by atoms with E-state index in [1.54, 1.807) is 13.0 Å². The Bertz CT molecular complexity index is 1790. The Morgan fingerprint density at radius 2 is 1.96 bits per heavy atom. The van der Waals surface area contributed by atoms with E-state index >= 15 is 4.39 Å². The number of hydrogen-bond donors (Lipinski definition) is 5. The molecule has 46 heavy (non-hydrogen) atoms. The number of carbonyl (C=O) groups excluding carboxylic acids is 3. The fraction of sp³-hybridized carbons (Fsp3) is 0.267. The molecule has 4 aromatic rings. The van der Waals surface area contributed by atoms with E-state index in [-0.39, 0.29) is 72.3 Å². The number of nitrogens with two attached hydrogens (primary N) is 1. The number of anilines is 2. The number of hydrogen-bond acceptors (Lipinski definition) is 11. The lowest BCUT2D eigenvalue weighted by atomic mass is 10.0. The van der Waals surface area contributed by atoms with Gasteiger partial charge in [-0.25, -0.2) is 14.4 Å². The van der Waals surface area contributed by atoms with Crippen LogP contribution in [0.25, 0.3) is 16.9 Å². The maximum absolute atomic E-state index is 15.0. The average molecular weight is 637 g/mol. The van der Waals surface area contributed by atoms with Crippen molar-refractivity contribution in [2.24, 2.45) is 5.73 Å². The second-order valence-corrected chi connectivity index (χ2v) is 9.66. The molecule has 2 aromatic heterocycles. The molecule has 0 saturated heterocycles. The summed E-state index contributed by atoms with van der Waals surface area (Å²) in [6.07, 6.45) is 3.40. The summed E-state index contributed by atoms with van der Waals surface area (Å²) in [5.74, 6) is -3.51. The van der Waals surface area contributed by atoms with E-state index in [1.807, 2.05) is 0 Å². The number of aromatic nitrogens is 3. The lowest BCUT2D eigenvalue weighted by Crippen LogP contribution is -2.37. The molecular weight excluding hydrogens is 606 g/mol. The number of nitrogens with zero attached hydrogens (tertiary/aromatic N) is 4. The van der Waals surface area contributed by atoms with Crippen molar-refractivity contribution in [3.05, 3.63) is 65.6 Å². The fourth-order valence-corrected chi connectivity index (χ4v) is 4.60. The van der Waals surface area contributed by atoms with Crippen molar-refractivity contribution in [1.82, 2.24) is 25.0 Å². The molecule has 0 spiro atoms. The molecule has 14 nitrogen and oxygen atoms in total. The second-order valence-electron chi connectivity index (χ2n) is 9.66. The summed E-state index contributed by atoms with van der Waals surface area (Å²) in [4.78, 5) is 44.9. The van der Waals surface area contributed by atoms with Gasteiger partial charge in [-0.1, -0.05) is 6.92 Å². The quantitative estimate of drug-likeness (QED) is 0.0942. The van der Waals surface area contributed by atoms with Gasteiger partial charge in [-0.05, 0) is 30.7 Å². The number of imidazole rings is 1. The summed E-state index contributed by atoms with van der Waals surface area (Å²) >= 11 is 0. The molecule has 0 aliphatic rings. The molecule has 2 aromatic carbocycles. The molecular formula is C30H30F2N8O6. The standard InChI is InChI=1S/C30H30F2N8O6/c1-2-18-19(30(44)37-9-8-35-24(43)13-17(42)14-34)3-5-21(27(18)46-16-41)39-28-29-38-15-22(40(29)11-10-36-28)20-4-6-23(45-12-7-33)26(32)25(20)31/h3-6,10-11,15-17,42H,2,8-9,12-14,34H2,1H3,(H,35,43)(H,36,39)(H,37,44). The van der Waals surface area contributed by atoms with Crippen LogP contribution in [-0.4, -0.2) is 70.1 Å². The Hall–Kier alpha value is -5.66. The Morgan fingerprint density at radius 3 is 2.67 bits per heavy atom. The molecule has 16 heteroatoms. The van der Waals surface area contributed by atoms with Crippen LogP contribution in [0.15, 0.2) is 42.9 Å². The van der Waals surface area contributed by atoms with Gasteiger partial charge < -0.3 is 36.3 Å². The van der Waals surface area contributed by atoms with E-state index in [1.165, 1.54) is 47.3 Å². The third-order valence-electron chi connectivity index (χ3n) is 6.75. The number of rotatable bonds is 15. The first kappa shape index (κ1) is 33.2. The Balaban J connectivity index is 1.58. The van der Waals surface area contributed by atoms with Gasteiger partial charge in [0.05, 0.1) is 30.1 Å². The van der Waals surface area contributed by atoms with Gasteiger partial charge in [0.2, 0.25) is 11.7 Å². The highest BCUT2D eigenvalue weighted by molar-refractivity contribution is 5.98. The molecule has 0 bridgehead atoms. The smallest absolute Gasteiger partial charge is 0.298 e. The average Bonchev–Trinajstić information content (AvgIpc) is 3.49. The molecule has 1 unspecified atom stereocenters. The Labute approximate surface area is 261 Å². The molecule has 0 fully saturated rings. The SMILES string of the molecule is CCc1c(C(=O)NCCNC(=O)CC(O)CN)ccc(Nc2nccn3c(-c4ccc(OCC#N)c(F)c4F)cnc23)c1OC=O. The van der Waals surface area contributed by atoms with Crippen molar-refractivity contribution in [3.8, 4) is 28.8 Å². The van der Waals surface area contributed by atoms with Crippen molar-refractivity contribution in [1.29, 1.82) is 5.26 Å². The van der Waals surface area contributed by atoms with Crippen LogP contribution in [0.1, 0.15) is 29.3 Å². The Morgan fingerprint density at radius 1 is 1.17 bits per heavy atom. The van der Waals surface area contributed by atoms with E-state index in [0.29, 0.717) is 12.0 Å². The number of nitriles is 1. The summed E-state index contributed by atoms with van der Waals surface area (Å²) in [6.45, 7) is 1.68. The minimum atomic E-state index is -1.26. The number of carbonyl (C=O) groups is 3. The number of halogens is 2. The predicted molar refractivity (Wildman–Crippen MR) is 160 cm³/mol. The summed E-state index contributed by atoms with van der Waals surface area (Å²) in [6, 6.07) is 7.24. The minimum Gasteiger partial charge on any atom is -0.476 e. The molecule has 6 N–H and O–H groups in total. The largest absolute Gasteiger partial charge is 0.476 e. The monoisotopic (exact) mass is 636 g/mol. The lowest BCUT2D eigenvalue weighted by molar-refractivity contribution is -0.123. The molecule has 2 heterocycles. The topological polar surface area (TPSA) is 206 Å². The molecule has 1 atom stereocenters. The van der Waals surface area contributed by atoms with Gasteiger partial charge in [-0.15, -0.1) is 0 Å². The summed E-state index contributed by atoms with van der Waals surface area (Å²) in [5, 5.41) is 26.4. The lowest BCUT2D eigenvalue weighted by Gasteiger charge is -2.17. The number of fused-ring (bicyclic) bond motifs is 1. The van der Waals surface area contributed by atoms with Gasteiger partial charge in [0.15, 0.2) is 35.4 Å². The van der Waals surface area contributed by atoms with E-state index in [2.05, 4.69) is 25.9 Å². The van der Waals surface area contributed by atoms with Gasteiger partial charge in [0.25, 0.3) is 12.4 Å². The van der Waals surface area contributed by atoms with Crippen LogP contribution >= 0.6 is 0 Å². The molecule has 2 amide bonds. The zero-order chi connectivity index (χ0) is 33.2. The molecule has 0 radical (unpaired) electrons. The highest BCUT2D eigenvalue weighted by Crippen LogP contribution is 2.36. The maximum Gasteiger partial charge on any atom is 0.298 e. The first-order valence-corrected chi connectivity index (χ1v) is 14.0. The van der Waals surface area contributed by atoms with Gasteiger partial charge in [-0.3, -0.25) is 18.8 Å². The maximum atomic E-state index is 15.0. The number of nitrogens with one attached hydrogen (secondary N) is 3. The van der Waals surface area contributed by atoms with E-state index in [9.17, 15) is 23.9 Å². The first-order valence-electron chi connectivity index (χ1n) is 14.0. The normalized spacial score (nSPS) is 11.4. The zero-order valence-electron chi connectivity index (χ0n) is 24.5. The van der Waals surface area contributed by atoms with Crippen molar-refractivity contribution in [2.45, 2.75) is 25.9 Å². The fourth-order valence-electron chi connectivity index (χ4n) is 4.60. The van der Waals surface area contributed by atoms with Gasteiger partial charge in [0, 0.05) is 48.7 Å². The number of aliphatic hydroxyl groups is 1. The number of amides is 2. The van der Waals surface area contributed by atoms with Crippen molar-refractivity contribution in [2.75, 3.05) is 31.6 Å². The van der Waals surface area contributed by atoms with Gasteiger partial charge >= 0.3 is 0 Å². The summed E-state index contributed by atoms with van der Waals surface area (Å²) in [5.41, 5.74) is 6.50. The van der Waals surface area contributed by atoms with Crippen LogP contribution in [0.2, 0.25) is 0 Å². The Kier molecular flexibility index (Phi) is 11.1. The number of aliphatic hydroxyl groups excluding tert-OH is 1. The van der Waals surface area contributed by atoms with Crippen LogP contribution in [0, 0.1) is 23.0 Å². The second kappa shape index (κ2) is 15.4. The van der Waals surface area contributed by atoms with Crippen LogP contribution in [0.4, 0.5) is 20.3 Å². The van der Waals surface area contributed by atoms with Gasteiger partial charge in [-0.2, -0.15) is 9.65 Å². The third-order valence-corrected chi connectivity index (χ3v) is 6.75. The van der Waals surface area contributed by atoms with Crippen LogP contribution in [-0.2, 0) is 16.0 Å². The first-order chi connectivity index (χ1) is 22.2. The summed E-state index contributed by atoms with van der Waals surface area (Å²) < 4.78 is 41.3. The van der Waals surface area contributed by atoms with Crippen molar-refractivity contribution >= 4 is 35.4 Å². The van der Waals surface area contributed by atoms with Crippen LogP contribution in [0.3, 0.4) is 0 Å². The highest BCUT2D eigenvalue weighted by atomic mass is 19.2. The van der Waals surface area contributed by atoms with Crippen molar-refractivity contribution < 1.29 is 37.7 Å². The van der Waals surface area contributed by atoms with E-state index in [4.69, 9.17) is 20.5 Å². The number of benzene rings is 2. The van der Waals surface area contributed by atoms with Crippen molar-refractivity contribution in [3.63, 3.8) is 0 Å². The molecule has 0 saturated carbocycles.